The van der Waals surface area contributed by atoms with Crippen LogP contribution in [0, 0.1) is 10.1 Å². The molecule has 10 heteroatoms. The van der Waals surface area contributed by atoms with E-state index in [2.05, 4.69) is 5.32 Å². The van der Waals surface area contributed by atoms with Crippen LogP contribution >= 0.6 is 11.3 Å². The predicted molar refractivity (Wildman–Crippen MR) is 84.7 cm³/mol. The van der Waals surface area contributed by atoms with Crippen LogP contribution in [-0.2, 0) is 19.1 Å². The number of carbonyl (C=O) groups excluding carboxylic acids is 3. The number of esters is 2. The van der Waals surface area contributed by atoms with Crippen LogP contribution < -0.4 is 5.32 Å². The molecule has 0 fully saturated rings. The first kappa shape index (κ1) is 19.6. The van der Waals surface area contributed by atoms with Crippen molar-refractivity contribution in [1.29, 1.82) is 0 Å². The highest BCUT2D eigenvalue weighted by atomic mass is 32.1. The zero-order valence-corrected chi connectivity index (χ0v) is 14.1. The summed E-state index contributed by atoms with van der Waals surface area (Å²) < 4.78 is 9.64. The molecule has 24 heavy (non-hydrogen) atoms. The van der Waals surface area contributed by atoms with Gasteiger partial charge >= 0.3 is 16.9 Å². The van der Waals surface area contributed by atoms with Crippen molar-refractivity contribution in [3.63, 3.8) is 0 Å². The number of amides is 1. The Kier molecular flexibility index (Phi) is 7.83. The molecule has 1 aromatic rings. The first-order valence-electron chi connectivity index (χ1n) is 7.26. The van der Waals surface area contributed by atoms with E-state index in [0.717, 1.165) is 0 Å². The number of nitrogens with zero attached hydrogens (tertiary/aromatic N) is 1. The van der Waals surface area contributed by atoms with Crippen molar-refractivity contribution in [1.82, 2.24) is 5.32 Å². The number of nitrogens with one attached hydrogen (secondary N) is 1. The lowest BCUT2D eigenvalue weighted by Gasteiger charge is -2.16. The number of ether oxygens (including phenoxy) is 2. The van der Waals surface area contributed by atoms with Crippen molar-refractivity contribution in [2.45, 2.75) is 32.7 Å². The van der Waals surface area contributed by atoms with Crippen molar-refractivity contribution < 1.29 is 28.8 Å². The molecule has 0 aliphatic heterocycles. The lowest BCUT2D eigenvalue weighted by atomic mass is 10.1. The third-order valence-corrected chi connectivity index (χ3v) is 3.85. The second-order valence-electron chi connectivity index (χ2n) is 4.52. The SMILES string of the molecule is CCOC(=O)CC[C@H](NC(=O)c1ccc([N+](=O)[O-])s1)C(=O)OCC. The lowest BCUT2D eigenvalue weighted by Crippen LogP contribution is -2.42. The highest BCUT2D eigenvalue weighted by molar-refractivity contribution is 7.17. The number of hydrogen-bond donors (Lipinski definition) is 1. The van der Waals surface area contributed by atoms with Gasteiger partial charge in [0.1, 0.15) is 6.04 Å². The zero-order chi connectivity index (χ0) is 18.1. The average Bonchev–Trinajstić information content (AvgIpc) is 3.02. The molecule has 0 bridgehead atoms. The van der Waals surface area contributed by atoms with Crippen LogP contribution in [0.4, 0.5) is 5.00 Å². The minimum atomic E-state index is -1.04. The van der Waals surface area contributed by atoms with E-state index < -0.39 is 28.8 Å². The van der Waals surface area contributed by atoms with Crippen LogP contribution in [-0.4, -0.2) is 42.0 Å². The Balaban J connectivity index is 2.74. The summed E-state index contributed by atoms with van der Waals surface area (Å²) in [6, 6.07) is 1.46. The van der Waals surface area contributed by atoms with Gasteiger partial charge in [0, 0.05) is 12.5 Å². The third kappa shape index (κ3) is 5.95. The molecule has 1 heterocycles. The maximum Gasteiger partial charge on any atom is 0.328 e. The van der Waals surface area contributed by atoms with Crippen molar-refractivity contribution in [2.24, 2.45) is 0 Å². The standard InChI is InChI=1S/C14H18N2O7S/c1-3-22-12(17)8-5-9(14(19)23-4-2)15-13(18)10-6-7-11(24-10)16(20)21/h6-7,9H,3-5,8H2,1-2H3,(H,15,18)/t9-/m0/s1. The van der Waals surface area contributed by atoms with Gasteiger partial charge in [-0.25, -0.2) is 4.79 Å². The Morgan fingerprint density at radius 2 is 1.92 bits per heavy atom. The molecule has 1 rings (SSSR count). The van der Waals surface area contributed by atoms with Gasteiger partial charge in [0.2, 0.25) is 0 Å². The summed E-state index contributed by atoms with van der Waals surface area (Å²) >= 11 is 0.694. The van der Waals surface area contributed by atoms with E-state index in [1.54, 1.807) is 13.8 Å². The van der Waals surface area contributed by atoms with Gasteiger partial charge in [0.25, 0.3) is 5.91 Å². The molecule has 132 valence electrons. The van der Waals surface area contributed by atoms with Crippen LogP contribution in [0.3, 0.4) is 0 Å². The van der Waals surface area contributed by atoms with Crippen molar-refractivity contribution in [2.75, 3.05) is 13.2 Å². The molecule has 0 saturated carbocycles. The number of hydrogen-bond acceptors (Lipinski definition) is 8. The molecular weight excluding hydrogens is 340 g/mol. The second-order valence-corrected chi connectivity index (χ2v) is 5.58. The third-order valence-electron chi connectivity index (χ3n) is 2.81. The number of nitro groups is 1. The van der Waals surface area contributed by atoms with Crippen molar-refractivity contribution >= 4 is 34.2 Å². The Labute approximate surface area is 142 Å². The van der Waals surface area contributed by atoms with Gasteiger partial charge in [-0.05, 0) is 26.3 Å². The van der Waals surface area contributed by atoms with E-state index in [0.29, 0.717) is 11.3 Å². The summed E-state index contributed by atoms with van der Waals surface area (Å²) in [7, 11) is 0. The fraction of sp³-hybridized carbons (Fsp3) is 0.500. The monoisotopic (exact) mass is 358 g/mol. The van der Waals surface area contributed by atoms with E-state index in [1.165, 1.54) is 12.1 Å². The molecule has 1 atom stereocenters. The average molecular weight is 358 g/mol. The van der Waals surface area contributed by atoms with E-state index >= 15 is 0 Å². The van der Waals surface area contributed by atoms with Crippen LogP contribution in [0.5, 0.6) is 0 Å². The Bertz CT molecular complexity index is 614. The Morgan fingerprint density at radius 1 is 1.25 bits per heavy atom. The molecular formula is C14H18N2O7S. The van der Waals surface area contributed by atoms with Gasteiger partial charge < -0.3 is 14.8 Å². The van der Waals surface area contributed by atoms with Crippen molar-refractivity contribution in [3.05, 3.63) is 27.1 Å². The molecule has 0 aliphatic rings. The highest BCUT2D eigenvalue weighted by Crippen LogP contribution is 2.23. The topological polar surface area (TPSA) is 125 Å². The molecule has 1 amide bonds. The summed E-state index contributed by atoms with van der Waals surface area (Å²) in [5, 5.41) is 12.9. The van der Waals surface area contributed by atoms with E-state index in [4.69, 9.17) is 9.47 Å². The van der Waals surface area contributed by atoms with E-state index in [-0.39, 0.29) is 35.9 Å². The normalized spacial score (nSPS) is 11.4. The van der Waals surface area contributed by atoms with Gasteiger partial charge in [-0.2, -0.15) is 0 Å². The minimum absolute atomic E-state index is 0.0108. The number of rotatable bonds is 9. The molecule has 0 radical (unpaired) electrons. The Hall–Kier alpha value is -2.49. The zero-order valence-electron chi connectivity index (χ0n) is 13.3. The van der Waals surface area contributed by atoms with Crippen LogP contribution in [0.1, 0.15) is 36.4 Å². The number of thiophene rings is 1. The van der Waals surface area contributed by atoms with Gasteiger partial charge in [-0.1, -0.05) is 11.3 Å². The van der Waals surface area contributed by atoms with Crippen LogP contribution in [0.25, 0.3) is 0 Å². The number of carbonyl (C=O) groups is 3. The largest absolute Gasteiger partial charge is 0.466 e. The molecule has 1 N–H and O–H groups in total. The van der Waals surface area contributed by atoms with E-state index in [9.17, 15) is 24.5 Å². The maximum absolute atomic E-state index is 12.1. The summed E-state index contributed by atoms with van der Waals surface area (Å²) in [4.78, 5) is 45.6. The highest BCUT2D eigenvalue weighted by Gasteiger charge is 2.25. The summed E-state index contributed by atoms with van der Waals surface area (Å²) in [6.45, 7) is 3.61. The van der Waals surface area contributed by atoms with E-state index in [1.807, 2.05) is 0 Å². The molecule has 0 unspecified atom stereocenters. The maximum atomic E-state index is 12.1. The van der Waals surface area contributed by atoms with Crippen molar-refractivity contribution in [3.8, 4) is 0 Å². The fourth-order valence-electron chi connectivity index (χ4n) is 1.76. The van der Waals surface area contributed by atoms with Crippen LogP contribution in [0.15, 0.2) is 12.1 Å². The molecule has 9 nitrogen and oxygen atoms in total. The quantitative estimate of drug-likeness (QED) is 0.404. The second kappa shape index (κ2) is 9.60. The summed E-state index contributed by atoms with van der Waals surface area (Å²) in [6.07, 6.45) is -0.0565. The molecule has 0 aliphatic carbocycles. The molecule has 0 saturated heterocycles. The summed E-state index contributed by atoms with van der Waals surface area (Å²) in [5.74, 6) is -1.82. The lowest BCUT2D eigenvalue weighted by molar-refractivity contribution is -0.380. The predicted octanol–water partition coefficient (Wildman–Crippen LogP) is 1.66. The van der Waals surface area contributed by atoms with Gasteiger partial charge in [0.05, 0.1) is 23.0 Å². The van der Waals surface area contributed by atoms with Gasteiger partial charge in [-0.15, -0.1) is 0 Å². The molecule has 0 spiro atoms. The smallest absolute Gasteiger partial charge is 0.328 e. The Morgan fingerprint density at radius 3 is 2.46 bits per heavy atom. The first-order valence-corrected chi connectivity index (χ1v) is 8.08. The fourth-order valence-corrected chi connectivity index (χ4v) is 2.49. The van der Waals surface area contributed by atoms with Gasteiger partial charge in [-0.3, -0.25) is 19.7 Å². The molecule has 0 aromatic carbocycles. The minimum Gasteiger partial charge on any atom is -0.466 e. The first-order chi connectivity index (χ1) is 11.4. The molecule has 1 aromatic heterocycles. The van der Waals surface area contributed by atoms with Crippen LogP contribution in [0.2, 0.25) is 0 Å². The van der Waals surface area contributed by atoms with Gasteiger partial charge in [0.15, 0.2) is 0 Å². The summed E-state index contributed by atoms with van der Waals surface area (Å²) in [5.41, 5.74) is 0.